The number of thiophene rings is 1. The van der Waals surface area contributed by atoms with E-state index in [0.29, 0.717) is 16.7 Å². The van der Waals surface area contributed by atoms with Gasteiger partial charge in [-0.25, -0.2) is 13.1 Å². The largest absolute Gasteiger partial charge is 0.304 e. The Morgan fingerprint density at radius 2 is 1.87 bits per heavy atom. The van der Waals surface area contributed by atoms with E-state index in [2.05, 4.69) is 35.4 Å². The third kappa shape index (κ3) is 5.00. The van der Waals surface area contributed by atoms with Gasteiger partial charge in [0.2, 0.25) is 10.0 Å². The number of sulfonamides is 1. The average molecular weight is 360 g/mol. The SMILES string of the molecule is CCc1ccc(S(=O)(=O)NCC(C(C)C)N2CCN(C)CC2)s1. The second-order valence-corrected chi connectivity index (χ2v) is 9.74. The molecule has 2 heterocycles. The number of piperazine rings is 1. The highest BCUT2D eigenvalue weighted by molar-refractivity contribution is 7.91. The van der Waals surface area contributed by atoms with Gasteiger partial charge in [-0.15, -0.1) is 11.3 Å². The highest BCUT2D eigenvalue weighted by Gasteiger charge is 2.27. The molecule has 132 valence electrons. The van der Waals surface area contributed by atoms with Gasteiger partial charge in [-0.2, -0.15) is 0 Å². The topological polar surface area (TPSA) is 52.7 Å². The minimum Gasteiger partial charge on any atom is -0.304 e. The van der Waals surface area contributed by atoms with Gasteiger partial charge in [0, 0.05) is 43.6 Å². The smallest absolute Gasteiger partial charge is 0.250 e. The van der Waals surface area contributed by atoms with Crippen molar-refractivity contribution in [2.24, 2.45) is 5.92 Å². The number of hydrogen-bond acceptors (Lipinski definition) is 5. The molecule has 0 radical (unpaired) electrons. The fourth-order valence-corrected chi connectivity index (χ4v) is 5.29. The summed E-state index contributed by atoms with van der Waals surface area (Å²) in [5.74, 6) is 0.413. The first-order chi connectivity index (χ1) is 10.8. The molecule has 1 atom stereocenters. The molecule has 1 aromatic heterocycles. The van der Waals surface area contributed by atoms with Crippen molar-refractivity contribution < 1.29 is 8.42 Å². The van der Waals surface area contributed by atoms with Crippen LogP contribution in [0.15, 0.2) is 16.3 Å². The van der Waals surface area contributed by atoms with E-state index in [-0.39, 0.29) is 6.04 Å². The van der Waals surface area contributed by atoms with Crippen LogP contribution in [-0.2, 0) is 16.4 Å². The van der Waals surface area contributed by atoms with Crippen molar-refractivity contribution in [3.8, 4) is 0 Å². The van der Waals surface area contributed by atoms with E-state index in [1.165, 1.54) is 11.3 Å². The Labute approximate surface area is 144 Å². The Hall–Kier alpha value is -0.470. The third-order valence-corrected chi connectivity index (χ3v) is 7.65. The number of nitrogens with zero attached hydrogens (tertiary/aromatic N) is 2. The standard InChI is InChI=1S/C16H29N3O2S2/c1-5-14-6-7-16(22-14)23(20,21)17-12-15(13(2)3)19-10-8-18(4)9-11-19/h6-7,13,15,17H,5,8-12H2,1-4H3. The predicted molar refractivity (Wildman–Crippen MR) is 96.6 cm³/mol. The van der Waals surface area contributed by atoms with Gasteiger partial charge in [0.05, 0.1) is 0 Å². The molecule has 1 aromatic rings. The lowest BCUT2D eigenvalue weighted by Crippen LogP contribution is -2.54. The fourth-order valence-electron chi connectivity index (χ4n) is 2.90. The molecule has 5 nitrogen and oxygen atoms in total. The van der Waals surface area contributed by atoms with Crippen molar-refractivity contribution in [3.05, 3.63) is 17.0 Å². The molecule has 1 aliphatic rings. The van der Waals surface area contributed by atoms with E-state index in [1.807, 2.05) is 13.0 Å². The number of aryl methyl sites for hydroxylation is 1. The molecular formula is C16H29N3O2S2. The van der Waals surface area contributed by atoms with Crippen LogP contribution in [0.5, 0.6) is 0 Å². The Kier molecular flexibility index (Phi) is 6.62. The van der Waals surface area contributed by atoms with Crippen LogP contribution in [0.3, 0.4) is 0 Å². The number of hydrogen-bond donors (Lipinski definition) is 1. The van der Waals surface area contributed by atoms with Gasteiger partial charge in [0.25, 0.3) is 0 Å². The number of rotatable bonds is 7. The first-order valence-corrected chi connectivity index (χ1v) is 10.6. The van der Waals surface area contributed by atoms with Gasteiger partial charge in [-0.3, -0.25) is 4.90 Å². The van der Waals surface area contributed by atoms with Crippen LogP contribution in [0.1, 0.15) is 25.6 Å². The van der Waals surface area contributed by atoms with E-state index < -0.39 is 10.0 Å². The summed E-state index contributed by atoms with van der Waals surface area (Å²) in [5, 5.41) is 0. The second kappa shape index (κ2) is 8.07. The molecule has 0 amide bonds. The maximum atomic E-state index is 12.5. The first-order valence-electron chi connectivity index (χ1n) is 8.34. The second-order valence-electron chi connectivity index (χ2n) is 6.58. The van der Waals surface area contributed by atoms with Crippen LogP contribution >= 0.6 is 11.3 Å². The van der Waals surface area contributed by atoms with Crippen molar-refractivity contribution >= 4 is 21.4 Å². The zero-order chi connectivity index (χ0) is 17.0. The van der Waals surface area contributed by atoms with E-state index in [0.717, 1.165) is 37.5 Å². The van der Waals surface area contributed by atoms with E-state index in [9.17, 15) is 8.42 Å². The fraction of sp³-hybridized carbons (Fsp3) is 0.750. The average Bonchev–Trinajstić information content (AvgIpc) is 2.98. The third-order valence-electron chi connectivity index (χ3n) is 4.51. The molecule has 0 saturated carbocycles. The zero-order valence-electron chi connectivity index (χ0n) is 14.6. The summed E-state index contributed by atoms with van der Waals surface area (Å²) in [4.78, 5) is 5.83. The van der Waals surface area contributed by atoms with Gasteiger partial charge in [-0.1, -0.05) is 20.8 Å². The van der Waals surface area contributed by atoms with E-state index >= 15 is 0 Å². The summed E-state index contributed by atoms with van der Waals surface area (Å²) in [6, 6.07) is 3.86. The molecule has 0 aliphatic carbocycles. The van der Waals surface area contributed by atoms with Gasteiger partial charge in [-0.05, 0) is 31.5 Å². The Morgan fingerprint density at radius 1 is 1.22 bits per heavy atom. The first kappa shape index (κ1) is 18.9. The minimum atomic E-state index is -3.40. The monoisotopic (exact) mass is 359 g/mol. The molecule has 0 aromatic carbocycles. The highest BCUT2D eigenvalue weighted by Crippen LogP contribution is 2.22. The summed E-state index contributed by atoms with van der Waals surface area (Å²) in [7, 11) is -1.26. The van der Waals surface area contributed by atoms with E-state index in [4.69, 9.17) is 0 Å². The van der Waals surface area contributed by atoms with E-state index in [1.54, 1.807) is 6.07 Å². The summed E-state index contributed by atoms with van der Waals surface area (Å²) >= 11 is 1.37. The number of nitrogens with one attached hydrogen (secondary N) is 1. The minimum absolute atomic E-state index is 0.240. The predicted octanol–water partition coefficient (Wildman–Crippen LogP) is 1.86. The quantitative estimate of drug-likeness (QED) is 0.807. The molecular weight excluding hydrogens is 330 g/mol. The molecule has 1 aliphatic heterocycles. The van der Waals surface area contributed by atoms with Crippen LogP contribution in [0.2, 0.25) is 0 Å². The maximum Gasteiger partial charge on any atom is 0.250 e. The van der Waals surface area contributed by atoms with Crippen LogP contribution < -0.4 is 4.72 Å². The van der Waals surface area contributed by atoms with Crippen molar-refractivity contribution in [2.75, 3.05) is 39.8 Å². The molecule has 1 N–H and O–H groups in total. The lowest BCUT2D eigenvalue weighted by molar-refractivity contribution is 0.0905. The van der Waals surface area contributed by atoms with Gasteiger partial charge in [0.15, 0.2) is 0 Å². The highest BCUT2D eigenvalue weighted by atomic mass is 32.2. The Balaban J connectivity index is 2.00. The summed E-state index contributed by atoms with van der Waals surface area (Å²) < 4.78 is 28.2. The van der Waals surface area contributed by atoms with Crippen molar-refractivity contribution in [1.29, 1.82) is 0 Å². The molecule has 1 saturated heterocycles. The van der Waals surface area contributed by atoms with Gasteiger partial charge < -0.3 is 4.90 Å². The van der Waals surface area contributed by atoms with Gasteiger partial charge in [0.1, 0.15) is 4.21 Å². The van der Waals surface area contributed by atoms with Crippen molar-refractivity contribution in [1.82, 2.24) is 14.5 Å². The van der Waals surface area contributed by atoms with Crippen LogP contribution in [0.4, 0.5) is 0 Å². The summed E-state index contributed by atoms with van der Waals surface area (Å²) in [6.07, 6.45) is 0.871. The van der Waals surface area contributed by atoms with Crippen LogP contribution in [-0.4, -0.2) is 64.0 Å². The van der Waals surface area contributed by atoms with Gasteiger partial charge >= 0.3 is 0 Å². The molecule has 23 heavy (non-hydrogen) atoms. The molecule has 0 bridgehead atoms. The summed E-state index contributed by atoms with van der Waals surface area (Å²) in [6.45, 7) is 10.9. The number of likely N-dealkylation sites (N-methyl/N-ethyl adjacent to an activating group) is 1. The van der Waals surface area contributed by atoms with Crippen LogP contribution in [0.25, 0.3) is 0 Å². The molecule has 2 rings (SSSR count). The normalized spacial score (nSPS) is 19.3. The molecule has 0 spiro atoms. The lowest BCUT2D eigenvalue weighted by Gasteiger charge is -2.39. The Morgan fingerprint density at radius 3 is 2.39 bits per heavy atom. The Bertz CT molecular complexity index is 590. The van der Waals surface area contributed by atoms with Crippen LogP contribution in [0, 0.1) is 5.92 Å². The lowest BCUT2D eigenvalue weighted by atomic mass is 10.0. The van der Waals surface area contributed by atoms with Crippen molar-refractivity contribution in [3.63, 3.8) is 0 Å². The summed E-state index contributed by atoms with van der Waals surface area (Å²) in [5.41, 5.74) is 0. The molecule has 1 fully saturated rings. The maximum absolute atomic E-state index is 12.5. The zero-order valence-corrected chi connectivity index (χ0v) is 16.2. The molecule has 1 unspecified atom stereocenters. The van der Waals surface area contributed by atoms with Crippen molar-refractivity contribution in [2.45, 2.75) is 37.4 Å². The molecule has 7 heteroatoms.